The molecule has 0 bridgehead atoms. The minimum Gasteiger partial charge on any atom is -0.394 e. The lowest BCUT2D eigenvalue weighted by atomic mass is 9.93. The quantitative estimate of drug-likeness (QED) is 0.0284. The SMILES string of the molecule is CC(=O)N[C@@H]1[C@@H](O)[C@H](O[C@@H]2O[C@H](CO)[C@@H](O[C@@H]3O[C@H](CO[C@H]4O[C@H](CO)[C@@H](O[C@@H]5O[C@H](CO)[C@@H](O)[C@H](O)[C@H]5NC(C)=O)[C@H](O)[C@@H]4O[C@@H]4O[C@H](CO)[C@@H](O[C@@H]5O[C@H](CO)[C@H](O)[C@H](O)[C@H]5O)[C@H](O)[C@H]4NC(C)=O)[C@@H](O)[C@H](O[C@H]4O[C@H](CO)[C@@H](O[C@@H]5O[C@H](CO)[C@@H](O)[C@H](O)[C@H]5NC(C)=O)[C@H](O)[C@@H]4O[C@@H]4O[C@H](CO)[C@@H](O)[C@H](O)[C@H]4NC(C)=O)[C@@H]3O)[C@H](O)[C@H]2NC(C)=O)[C@@H](CO)O[C@H]1O. The third-order valence-electron chi connectivity index (χ3n) is 23.3. The Morgan fingerprint density at radius 1 is 0.202 bits per heavy atom. The lowest BCUT2D eigenvalue weighted by Gasteiger charge is -2.52. The highest BCUT2D eigenvalue weighted by Crippen LogP contribution is 2.42. The van der Waals surface area contributed by atoms with E-state index >= 15 is 0 Å². The highest BCUT2D eigenvalue weighted by molar-refractivity contribution is 5.75. The highest BCUT2D eigenvalue weighted by Gasteiger charge is 2.63. The lowest BCUT2D eigenvalue weighted by Crippen LogP contribution is -2.71. The van der Waals surface area contributed by atoms with E-state index in [2.05, 4.69) is 31.9 Å². The number of carbonyl (C=O) groups excluding carboxylic acids is 6. The van der Waals surface area contributed by atoms with Gasteiger partial charge in [-0.15, -0.1) is 0 Å². The van der Waals surface area contributed by atoms with Crippen molar-refractivity contribution in [1.29, 1.82) is 0 Å². The molecule has 57 heteroatoms. The van der Waals surface area contributed by atoms with Crippen LogP contribution in [0.15, 0.2) is 0 Å². The summed E-state index contributed by atoms with van der Waals surface area (Å²) in [6.07, 6.45) is -95.0. The Hall–Kier alpha value is -4.98. The first kappa shape index (κ1) is 106. The maximum Gasteiger partial charge on any atom is 0.217 e. The van der Waals surface area contributed by atoms with Crippen LogP contribution in [-0.4, -0.2) is 541 Å². The fourth-order valence-electron chi connectivity index (χ4n) is 16.8. The second kappa shape index (κ2) is 46.7. The molecule has 0 radical (unpaired) electrons. The second-order valence-electron chi connectivity index (χ2n) is 32.4. The molecule has 10 aliphatic rings. The van der Waals surface area contributed by atoms with Gasteiger partial charge in [-0.1, -0.05) is 0 Å². The molecule has 0 aliphatic carbocycles. The number of carbonyl (C=O) groups is 6. The molecule has 10 rings (SSSR count). The number of nitrogens with one attached hydrogen (secondary N) is 6. The van der Waals surface area contributed by atoms with Gasteiger partial charge in [0.25, 0.3) is 0 Å². The fraction of sp³-hybridized carbons (Fsp3) is 0.917. The van der Waals surface area contributed by atoms with Gasteiger partial charge in [-0.25, -0.2) is 0 Å². The molecule has 0 unspecified atom stereocenters. The van der Waals surface area contributed by atoms with E-state index in [1.165, 1.54) is 0 Å². The molecule has 129 heavy (non-hydrogen) atoms. The Morgan fingerprint density at radius 3 is 0.760 bits per heavy atom. The van der Waals surface area contributed by atoms with Gasteiger partial charge < -0.3 is 255 Å². The van der Waals surface area contributed by atoms with Gasteiger partial charge in [0.2, 0.25) is 35.4 Å². The van der Waals surface area contributed by atoms with E-state index in [9.17, 15) is 162 Å². The molecular weight excluding hydrogens is 1760 g/mol. The van der Waals surface area contributed by atoms with E-state index in [-0.39, 0.29) is 0 Å². The van der Waals surface area contributed by atoms with Crippen molar-refractivity contribution in [3.05, 3.63) is 0 Å². The summed E-state index contributed by atoms with van der Waals surface area (Å²) >= 11 is 0. The zero-order valence-corrected chi connectivity index (χ0v) is 69.8. The van der Waals surface area contributed by atoms with Crippen LogP contribution in [0.1, 0.15) is 41.5 Å². The van der Waals surface area contributed by atoms with Gasteiger partial charge in [0.1, 0.15) is 244 Å². The summed E-state index contributed by atoms with van der Waals surface area (Å²) in [5.41, 5.74) is 0. The average molecular weight is 1890 g/mol. The number of aliphatic hydroxyl groups is 26. The largest absolute Gasteiger partial charge is 0.394 e. The highest BCUT2D eigenvalue weighted by atomic mass is 16.8. The molecule has 0 spiro atoms. The zero-order chi connectivity index (χ0) is 95.1. The predicted molar refractivity (Wildman–Crippen MR) is 399 cm³/mol. The zero-order valence-electron chi connectivity index (χ0n) is 69.8. The lowest BCUT2D eigenvalue weighted by molar-refractivity contribution is -0.404. The number of ether oxygens (including phenoxy) is 19. The number of aliphatic hydroxyl groups excluding tert-OH is 26. The van der Waals surface area contributed by atoms with Crippen molar-refractivity contribution in [2.24, 2.45) is 0 Å². The fourth-order valence-corrected chi connectivity index (χ4v) is 16.8. The van der Waals surface area contributed by atoms with Gasteiger partial charge in [0.05, 0.1) is 66.1 Å². The maximum absolute atomic E-state index is 13.3. The molecular formula is C72H120N6O51. The van der Waals surface area contributed by atoms with E-state index in [0.29, 0.717) is 0 Å². The third kappa shape index (κ3) is 24.0. The number of rotatable bonds is 34. The molecule has 10 saturated heterocycles. The van der Waals surface area contributed by atoms with Gasteiger partial charge in [0, 0.05) is 41.5 Å². The summed E-state index contributed by atoms with van der Waals surface area (Å²) < 4.78 is 115. The smallest absolute Gasteiger partial charge is 0.217 e. The molecule has 10 aliphatic heterocycles. The topological polar surface area (TPSA) is 876 Å². The third-order valence-corrected chi connectivity index (χ3v) is 23.3. The first-order chi connectivity index (χ1) is 61.0. The monoisotopic (exact) mass is 1880 g/mol. The molecule has 744 valence electrons. The van der Waals surface area contributed by atoms with Crippen LogP contribution in [0, 0.1) is 0 Å². The van der Waals surface area contributed by atoms with E-state index in [1.54, 1.807) is 0 Å². The standard InChI is InChI=1S/C72H120N6O51/c1-17(88)73-33-47(102)55(27(11-83)112-63(33)110)122-67-37(77-21(5)92)48(103)57(29(13-85)117-67)126-70-54(109)60(127-72-62(129-66-36(76-20(4)91)46(101)41(96)25(9-81)115-66)53(108)59(31(15-87)120-72)124-65-35(75-19(3)90)45(100)40(95)24(8-80)114-65)43(98)32(121-70)16-111-71-61(52(107)58(30(14-86)119-71)123-64-34(74-18(2)89)44(99)39(94)23(7-79)113-64)128-68-38(78-22(6)93)49(104)56(28(12-84)118-68)125-69-51(106)50(105)42(97)26(10-82)116-69/h23-72,79-87,94-110H,7-16H2,1-6H3,(H,73,88)(H,74,89)(H,75,90)(H,76,91)(H,77,92)(H,78,93)/t23-,24-,25-,26-,27-,28-,29-,30-,31-,32-,33-,34-,35-,36-,37-,38-,39-,40-,41-,42+,43-,44-,45-,46-,47-,48-,49-,50+,51-,52+,53+,54+,55-,56-,57-,58-,59-,60+,61+,62+,63-,64+,65+,66+,67+,68+,69+,70+,71+,72-/m1/s1. The molecule has 0 aromatic carbocycles. The van der Waals surface area contributed by atoms with Crippen LogP contribution in [0.3, 0.4) is 0 Å². The van der Waals surface area contributed by atoms with Gasteiger partial charge in [-0.05, 0) is 0 Å². The summed E-state index contributed by atoms with van der Waals surface area (Å²) in [6.45, 7) is -6.04. The molecule has 32 N–H and O–H groups in total. The second-order valence-corrected chi connectivity index (χ2v) is 32.4. The normalized spacial score (nSPS) is 47.5. The summed E-state index contributed by atoms with van der Waals surface area (Å²) in [7, 11) is 0. The van der Waals surface area contributed by atoms with Crippen molar-refractivity contribution in [3.63, 3.8) is 0 Å². The van der Waals surface area contributed by atoms with Crippen molar-refractivity contribution in [1.82, 2.24) is 31.9 Å². The van der Waals surface area contributed by atoms with Crippen LogP contribution in [0.5, 0.6) is 0 Å². The molecule has 10 fully saturated rings. The average Bonchev–Trinajstić information content (AvgIpc) is 0.758. The van der Waals surface area contributed by atoms with Crippen molar-refractivity contribution < 1.29 is 252 Å². The maximum atomic E-state index is 13.3. The Balaban J connectivity index is 1.07. The summed E-state index contributed by atoms with van der Waals surface area (Å²) in [5.74, 6) is -5.58. The van der Waals surface area contributed by atoms with Gasteiger partial charge >= 0.3 is 0 Å². The van der Waals surface area contributed by atoms with Crippen molar-refractivity contribution in [3.8, 4) is 0 Å². The van der Waals surface area contributed by atoms with Crippen LogP contribution in [0.25, 0.3) is 0 Å². The Labute approximate surface area is 731 Å². The van der Waals surface area contributed by atoms with Crippen molar-refractivity contribution >= 4 is 35.4 Å². The van der Waals surface area contributed by atoms with Crippen molar-refractivity contribution in [2.45, 2.75) is 348 Å². The van der Waals surface area contributed by atoms with Crippen molar-refractivity contribution in [2.75, 3.05) is 66.1 Å². The minimum atomic E-state index is -2.70. The van der Waals surface area contributed by atoms with Gasteiger partial charge in [-0.2, -0.15) is 0 Å². The summed E-state index contributed by atoms with van der Waals surface area (Å²) in [6, 6.07) is -11.4. The van der Waals surface area contributed by atoms with E-state index in [4.69, 9.17) is 90.0 Å². The minimum absolute atomic E-state index is 0.819. The van der Waals surface area contributed by atoms with Crippen LogP contribution in [0.4, 0.5) is 0 Å². The summed E-state index contributed by atoms with van der Waals surface area (Å²) in [5, 5.41) is 309. The van der Waals surface area contributed by atoms with Crippen LogP contribution in [0.2, 0.25) is 0 Å². The first-order valence-corrected chi connectivity index (χ1v) is 41.1. The number of amides is 6. The Morgan fingerprint density at radius 2 is 0.426 bits per heavy atom. The predicted octanol–water partition coefficient (Wildman–Crippen LogP) is -21.9. The van der Waals surface area contributed by atoms with E-state index in [0.717, 1.165) is 41.5 Å². The molecule has 50 atom stereocenters. The van der Waals surface area contributed by atoms with Gasteiger partial charge in [-0.3, -0.25) is 28.8 Å². The molecule has 0 aromatic rings. The Kier molecular flexibility index (Phi) is 38.4. The first-order valence-electron chi connectivity index (χ1n) is 41.1. The molecule has 10 heterocycles. The molecule has 0 aromatic heterocycles. The number of hydrogen-bond donors (Lipinski definition) is 32. The molecule has 0 saturated carbocycles. The van der Waals surface area contributed by atoms with E-state index in [1.807, 2.05) is 0 Å². The van der Waals surface area contributed by atoms with Crippen LogP contribution in [-0.2, 0) is 119 Å². The Bertz CT molecular complexity index is 3570. The number of hydrogen-bond acceptors (Lipinski definition) is 51. The molecule has 6 amide bonds. The summed E-state index contributed by atoms with van der Waals surface area (Å²) in [4.78, 5) is 77.0. The van der Waals surface area contributed by atoms with Crippen LogP contribution >= 0.6 is 0 Å². The van der Waals surface area contributed by atoms with E-state index < -0.39 is 408 Å². The van der Waals surface area contributed by atoms with Crippen LogP contribution < -0.4 is 31.9 Å². The van der Waals surface area contributed by atoms with Gasteiger partial charge in [0.15, 0.2) is 62.9 Å². The molecule has 57 nitrogen and oxygen atoms in total.